The molecule has 1 atom stereocenters. The molecule has 2 amide bonds. The Morgan fingerprint density at radius 1 is 1.23 bits per heavy atom. The number of amides is 2. The topological polar surface area (TPSA) is 84.0 Å². The second-order valence-electron chi connectivity index (χ2n) is 6.12. The second-order valence-corrected chi connectivity index (χ2v) is 8.03. The van der Waals surface area contributed by atoms with Crippen molar-refractivity contribution in [3.63, 3.8) is 0 Å². The third-order valence-corrected chi connectivity index (χ3v) is 5.03. The van der Waals surface area contributed by atoms with E-state index < -0.39 is 11.9 Å². The minimum atomic E-state index is -0.719. The van der Waals surface area contributed by atoms with Gasteiger partial charge in [0, 0.05) is 5.02 Å². The standard InChI is InChI=1S/C17H20Cl2N4O2S/c1-4-14-22-23-17(26-14)21-16(25)13(7-9(2)3)20-15(24)11-6-5-10(18)8-12(11)19/h5-6,8-9,13H,4,7H2,1-3H3,(H,20,24)(H,21,23,25). The molecule has 0 aliphatic carbocycles. The summed E-state index contributed by atoms with van der Waals surface area (Å²) >= 11 is 13.3. The molecule has 0 spiro atoms. The van der Waals surface area contributed by atoms with Gasteiger partial charge >= 0.3 is 0 Å². The molecular weight excluding hydrogens is 395 g/mol. The van der Waals surface area contributed by atoms with Crippen molar-refractivity contribution >= 4 is 51.5 Å². The Kier molecular flexibility index (Phi) is 7.37. The molecule has 1 aromatic heterocycles. The van der Waals surface area contributed by atoms with Crippen LogP contribution in [0.15, 0.2) is 18.2 Å². The molecular formula is C17H20Cl2N4O2S. The number of halogens is 2. The van der Waals surface area contributed by atoms with E-state index in [1.54, 1.807) is 6.07 Å². The van der Waals surface area contributed by atoms with Crippen molar-refractivity contribution in [2.45, 2.75) is 39.7 Å². The van der Waals surface area contributed by atoms with Gasteiger partial charge in [-0.05, 0) is 37.0 Å². The first-order valence-electron chi connectivity index (χ1n) is 8.19. The van der Waals surface area contributed by atoms with Gasteiger partial charge in [-0.15, -0.1) is 10.2 Å². The fourth-order valence-corrected chi connectivity index (χ4v) is 3.43. The molecule has 0 fully saturated rings. The maximum absolute atomic E-state index is 12.6. The SMILES string of the molecule is CCc1nnc(NC(=O)C(CC(C)C)NC(=O)c2ccc(Cl)cc2Cl)s1. The number of aromatic nitrogens is 2. The molecule has 26 heavy (non-hydrogen) atoms. The number of nitrogens with zero attached hydrogens (tertiary/aromatic N) is 2. The van der Waals surface area contributed by atoms with Crippen LogP contribution in [0.5, 0.6) is 0 Å². The van der Waals surface area contributed by atoms with Crippen molar-refractivity contribution in [3.8, 4) is 0 Å². The quantitative estimate of drug-likeness (QED) is 0.710. The van der Waals surface area contributed by atoms with Crippen LogP contribution in [0.1, 0.15) is 42.6 Å². The van der Waals surface area contributed by atoms with Gasteiger partial charge in [0.25, 0.3) is 5.91 Å². The molecule has 2 rings (SSSR count). The Bertz CT molecular complexity index is 795. The maximum atomic E-state index is 12.6. The highest BCUT2D eigenvalue weighted by atomic mass is 35.5. The summed E-state index contributed by atoms with van der Waals surface area (Å²) in [6, 6.07) is 3.88. The number of carbonyl (C=O) groups is 2. The molecule has 0 saturated heterocycles. The number of nitrogens with one attached hydrogen (secondary N) is 2. The van der Waals surface area contributed by atoms with E-state index in [2.05, 4.69) is 20.8 Å². The Balaban J connectivity index is 2.12. The lowest BCUT2D eigenvalue weighted by Gasteiger charge is -2.19. The van der Waals surface area contributed by atoms with Gasteiger partial charge in [0.05, 0.1) is 10.6 Å². The number of rotatable bonds is 7. The van der Waals surface area contributed by atoms with Crippen LogP contribution in [0.2, 0.25) is 10.0 Å². The van der Waals surface area contributed by atoms with Gasteiger partial charge in [-0.25, -0.2) is 0 Å². The zero-order valence-corrected chi connectivity index (χ0v) is 17.0. The molecule has 1 aromatic carbocycles. The normalized spacial score (nSPS) is 12.1. The number of benzene rings is 1. The number of aryl methyl sites for hydroxylation is 1. The van der Waals surface area contributed by atoms with E-state index in [4.69, 9.17) is 23.2 Å². The predicted octanol–water partition coefficient (Wildman–Crippen LogP) is 4.19. The Morgan fingerprint density at radius 3 is 2.54 bits per heavy atom. The lowest BCUT2D eigenvalue weighted by molar-refractivity contribution is -0.118. The first-order chi connectivity index (χ1) is 12.3. The minimum Gasteiger partial charge on any atom is -0.340 e. The lowest BCUT2D eigenvalue weighted by Crippen LogP contribution is -2.44. The van der Waals surface area contributed by atoms with Crippen LogP contribution in [-0.4, -0.2) is 28.1 Å². The summed E-state index contributed by atoms with van der Waals surface area (Å²) in [4.78, 5) is 25.1. The highest BCUT2D eigenvalue weighted by Gasteiger charge is 2.24. The van der Waals surface area contributed by atoms with Crippen molar-refractivity contribution in [1.82, 2.24) is 15.5 Å². The average Bonchev–Trinajstić information content (AvgIpc) is 3.01. The van der Waals surface area contributed by atoms with Gasteiger partial charge in [-0.2, -0.15) is 0 Å². The molecule has 0 bridgehead atoms. The Labute approximate surface area is 166 Å². The third kappa shape index (κ3) is 5.65. The van der Waals surface area contributed by atoms with Crippen LogP contribution in [0.3, 0.4) is 0 Å². The van der Waals surface area contributed by atoms with E-state index in [0.29, 0.717) is 16.6 Å². The summed E-state index contributed by atoms with van der Waals surface area (Å²) in [5, 5.41) is 15.3. The van der Waals surface area contributed by atoms with E-state index in [1.807, 2.05) is 20.8 Å². The average molecular weight is 415 g/mol. The molecule has 2 aromatic rings. The van der Waals surface area contributed by atoms with E-state index in [0.717, 1.165) is 11.4 Å². The highest BCUT2D eigenvalue weighted by molar-refractivity contribution is 7.15. The maximum Gasteiger partial charge on any atom is 0.253 e. The van der Waals surface area contributed by atoms with E-state index in [1.165, 1.54) is 23.5 Å². The summed E-state index contributed by atoms with van der Waals surface area (Å²) in [6.45, 7) is 5.91. The fraction of sp³-hybridized carbons (Fsp3) is 0.412. The smallest absolute Gasteiger partial charge is 0.253 e. The van der Waals surface area contributed by atoms with Gasteiger partial charge in [-0.1, -0.05) is 55.3 Å². The summed E-state index contributed by atoms with van der Waals surface area (Å²) in [7, 11) is 0. The Morgan fingerprint density at radius 2 is 1.96 bits per heavy atom. The molecule has 0 radical (unpaired) electrons. The predicted molar refractivity (Wildman–Crippen MR) is 105 cm³/mol. The molecule has 0 aliphatic heterocycles. The highest BCUT2D eigenvalue weighted by Crippen LogP contribution is 2.21. The lowest BCUT2D eigenvalue weighted by atomic mass is 10.0. The van der Waals surface area contributed by atoms with Gasteiger partial charge in [0.1, 0.15) is 11.0 Å². The van der Waals surface area contributed by atoms with Gasteiger partial charge < -0.3 is 5.32 Å². The largest absolute Gasteiger partial charge is 0.340 e. The summed E-state index contributed by atoms with van der Waals surface area (Å²) < 4.78 is 0. The Hall–Kier alpha value is -1.70. The summed E-state index contributed by atoms with van der Waals surface area (Å²) in [5.74, 6) is -0.567. The van der Waals surface area contributed by atoms with Gasteiger partial charge in [0.15, 0.2) is 0 Å². The summed E-state index contributed by atoms with van der Waals surface area (Å²) in [6.07, 6.45) is 1.22. The molecule has 6 nitrogen and oxygen atoms in total. The molecule has 140 valence electrons. The number of carbonyl (C=O) groups excluding carboxylic acids is 2. The van der Waals surface area contributed by atoms with Crippen molar-refractivity contribution in [2.24, 2.45) is 5.92 Å². The first-order valence-corrected chi connectivity index (χ1v) is 9.76. The van der Waals surface area contributed by atoms with Crippen molar-refractivity contribution in [1.29, 1.82) is 0 Å². The monoisotopic (exact) mass is 414 g/mol. The second kappa shape index (κ2) is 9.30. The molecule has 1 heterocycles. The van der Waals surface area contributed by atoms with Crippen LogP contribution >= 0.6 is 34.5 Å². The third-order valence-electron chi connectivity index (χ3n) is 3.50. The van der Waals surface area contributed by atoms with Crippen LogP contribution in [0.4, 0.5) is 5.13 Å². The summed E-state index contributed by atoms with van der Waals surface area (Å²) in [5.41, 5.74) is 0.266. The van der Waals surface area contributed by atoms with Crippen molar-refractivity contribution in [3.05, 3.63) is 38.8 Å². The molecule has 9 heteroatoms. The fourth-order valence-electron chi connectivity index (χ4n) is 2.25. The molecule has 0 aliphatic rings. The number of hydrogen-bond acceptors (Lipinski definition) is 5. The van der Waals surface area contributed by atoms with Gasteiger partial charge in [0.2, 0.25) is 11.0 Å². The van der Waals surface area contributed by atoms with Crippen LogP contribution < -0.4 is 10.6 Å². The van der Waals surface area contributed by atoms with Crippen LogP contribution in [0, 0.1) is 5.92 Å². The van der Waals surface area contributed by atoms with E-state index >= 15 is 0 Å². The minimum absolute atomic E-state index is 0.201. The number of hydrogen-bond donors (Lipinski definition) is 2. The van der Waals surface area contributed by atoms with Crippen molar-refractivity contribution in [2.75, 3.05) is 5.32 Å². The van der Waals surface area contributed by atoms with Crippen LogP contribution in [0.25, 0.3) is 0 Å². The zero-order valence-electron chi connectivity index (χ0n) is 14.7. The molecule has 1 unspecified atom stereocenters. The van der Waals surface area contributed by atoms with Gasteiger partial charge in [-0.3, -0.25) is 14.9 Å². The zero-order chi connectivity index (χ0) is 19.3. The first kappa shape index (κ1) is 20.6. The number of anilines is 1. The van der Waals surface area contributed by atoms with Crippen molar-refractivity contribution < 1.29 is 9.59 Å². The van der Waals surface area contributed by atoms with E-state index in [-0.39, 0.29) is 22.4 Å². The molecule has 0 saturated carbocycles. The molecule has 2 N–H and O–H groups in total. The van der Waals surface area contributed by atoms with E-state index in [9.17, 15) is 9.59 Å². The van der Waals surface area contributed by atoms with Crippen LogP contribution in [-0.2, 0) is 11.2 Å².